The van der Waals surface area contributed by atoms with Gasteiger partial charge in [0.25, 0.3) is 5.91 Å². The molecule has 2 aromatic carbocycles. The number of alkyl halides is 3. The number of halogens is 3. The number of amides is 1. The van der Waals surface area contributed by atoms with E-state index in [1.165, 1.54) is 29.5 Å². The van der Waals surface area contributed by atoms with E-state index in [1.807, 2.05) is 0 Å². The average molecular weight is 435 g/mol. The van der Waals surface area contributed by atoms with Crippen molar-refractivity contribution in [2.45, 2.75) is 32.2 Å². The first kappa shape index (κ1) is 21.8. The van der Waals surface area contributed by atoms with Gasteiger partial charge in [-0.15, -0.1) is 11.3 Å². The molecule has 5 nitrogen and oxygen atoms in total. The van der Waals surface area contributed by atoms with Crippen molar-refractivity contribution >= 4 is 28.1 Å². The molecule has 158 valence electrons. The lowest BCUT2D eigenvalue weighted by Crippen LogP contribution is -2.17. The normalized spacial score (nSPS) is 11.9. The van der Waals surface area contributed by atoms with E-state index in [9.17, 15) is 23.1 Å². The molecule has 0 spiro atoms. The Kier molecular flexibility index (Phi) is 6.14. The number of nitrogens with one attached hydrogen (secondary N) is 2. The van der Waals surface area contributed by atoms with Crippen LogP contribution in [0.1, 0.15) is 41.0 Å². The maximum atomic E-state index is 13.1. The number of hydrogen-bond acceptors (Lipinski definition) is 5. The second-order valence-corrected chi connectivity index (χ2v) is 8.00. The smallest absolute Gasteiger partial charge is 0.384 e. The summed E-state index contributed by atoms with van der Waals surface area (Å²) in [5.41, 5.74) is -0.258. The van der Waals surface area contributed by atoms with Gasteiger partial charge in [0.15, 0.2) is 5.13 Å². The summed E-state index contributed by atoms with van der Waals surface area (Å²) >= 11 is 1.21. The van der Waals surface area contributed by atoms with Gasteiger partial charge in [-0.3, -0.25) is 10.1 Å². The van der Waals surface area contributed by atoms with E-state index >= 15 is 0 Å². The number of thiazole rings is 1. The van der Waals surface area contributed by atoms with Gasteiger partial charge in [-0.25, -0.2) is 4.98 Å². The maximum absolute atomic E-state index is 13.1. The van der Waals surface area contributed by atoms with Gasteiger partial charge in [-0.2, -0.15) is 13.2 Å². The highest BCUT2D eigenvalue weighted by molar-refractivity contribution is 7.14. The molecule has 30 heavy (non-hydrogen) atoms. The van der Waals surface area contributed by atoms with Crippen molar-refractivity contribution in [2.75, 3.05) is 10.6 Å². The third-order valence-electron chi connectivity index (χ3n) is 4.28. The van der Waals surface area contributed by atoms with Crippen molar-refractivity contribution < 1.29 is 23.1 Å². The zero-order valence-electron chi connectivity index (χ0n) is 16.2. The number of carbonyl (C=O) groups is 1. The summed E-state index contributed by atoms with van der Waals surface area (Å²) in [5.74, 6) is -0.367. The molecule has 0 bridgehead atoms. The third kappa shape index (κ3) is 5.37. The predicted molar refractivity (Wildman–Crippen MR) is 111 cm³/mol. The van der Waals surface area contributed by atoms with E-state index in [0.717, 1.165) is 11.6 Å². The molecular formula is C21H20F3N3O2S. The summed E-state index contributed by atoms with van der Waals surface area (Å²) < 4.78 is 39.2. The van der Waals surface area contributed by atoms with E-state index < -0.39 is 17.3 Å². The molecule has 0 radical (unpaired) electrons. The molecule has 0 atom stereocenters. The van der Waals surface area contributed by atoms with Gasteiger partial charge < -0.3 is 10.4 Å². The van der Waals surface area contributed by atoms with Gasteiger partial charge >= 0.3 is 6.18 Å². The minimum Gasteiger partial charge on any atom is -0.384 e. The van der Waals surface area contributed by atoms with Gasteiger partial charge in [0.2, 0.25) is 0 Å². The molecule has 1 aromatic heterocycles. The first-order valence-corrected chi connectivity index (χ1v) is 9.91. The lowest BCUT2D eigenvalue weighted by molar-refractivity contribution is -0.137. The number of hydrogen-bond donors (Lipinski definition) is 3. The first-order valence-electron chi connectivity index (χ1n) is 9.03. The molecule has 0 fully saturated rings. The minimum atomic E-state index is -4.44. The highest BCUT2D eigenvalue weighted by atomic mass is 32.1. The standard InChI is InChI=1S/C21H20F3N3O2S/c1-20(2,29)17-12-30-19(26-17)27-18(28)14-9-7-13(8-10-14)11-25-16-6-4-3-5-15(16)21(22,23)24/h3-10,12,25,29H,11H2,1-2H3,(H,26,27,28). The van der Waals surface area contributed by atoms with Gasteiger partial charge in [0.05, 0.1) is 11.3 Å². The summed E-state index contributed by atoms with van der Waals surface area (Å²) in [4.78, 5) is 16.6. The van der Waals surface area contributed by atoms with Gasteiger partial charge in [-0.1, -0.05) is 24.3 Å². The van der Waals surface area contributed by atoms with Crippen LogP contribution in [-0.4, -0.2) is 16.0 Å². The molecule has 0 unspecified atom stereocenters. The van der Waals surface area contributed by atoms with Crippen LogP contribution in [0.4, 0.5) is 24.0 Å². The fourth-order valence-corrected chi connectivity index (χ4v) is 3.50. The molecule has 9 heteroatoms. The average Bonchev–Trinajstić information content (AvgIpc) is 3.15. The molecule has 3 aromatic rings. The van der Waals surface area contributed by atoms with E-state index in [4.69, 9.17) is 0 Å². The molecule has 0 aliphatic heterocycles. The second kappa shape index (κ2) is 8.45. The summed E-state index contributed by atoms with van der Waals surface area (Å²) in [6, 6.07) is 11.8. The first-order chi connectivity index (χ1) is 14.0. The van der Waals surface area contributed by atoms with Crippen molar-refractivity contribution in [2.24, 2.45) is 0 Å². The number of rotatable bonds is 6. The molecule has 3 N–H and O–H groups in total. The quantitative estimate of drug-likeness (QED) is 0.494. The maximum Gasteiger partial charge on any atom is 0.418 e. The molecule has 3 rings (SSSR count). The van der Waals surface area contributed by atoms with Gasteiger partial charge in [-0.05, 0) is 43.7 Å². The summed E-state index contributed by atoms with van der Waals surface area (Å²) in [7, 11) is 0. The van der Waals surface area contributed by atoms with E-state index in [0.29, 0.717) is 16.4 Å². The molecule has 0 aliphatic rings. The Hall–Kier alpha value is -2.91. The Morgan fingerprint density at radius 1 is 1.10 bits per heavy atom. The van der Waals surface area contributed by atoms with Gasteiger partial charge in [0.1, 0.15) is 5.60 Å². The fraction of sp³-hybridized carbons (Fsp3) is 0.238. The highest BCUT2D eigenvalue weighted by Gasteiger charge is 2.33. The number of para-hydroxylation sites is 1. The second-order valence-electron chi connectivity index (χ2n) is 7.14. The number of nitrogens with zero attached hydrogens (tertiary/aromatic N) is 1. The minimum absolute atomic E-state index is 0.00167. The summed E-state index contributed by atoms with van der Waals surface area (Å²) in [6.07, 6.45) is -4.44. The Balaban J connectivity index is 1.63. The highest BCUT2D eigenvalue weighted by Crippen LogP contribution is 2.34. The summed E-state index contributed by atoms with van der Waals surface area (Å²) in [5, 5.41) is 17.4. The monoisotopic (exact) mass is 435 g/mol. The Bertz CT molecular complexity index is 1020. The van der Waals surface area contributed by atoms with Crippen LogP contribution < -0.4 is 10.6 Å². The van der Waals surface area contributed by atoms with Crippen LogP contribution in [0.15, 0.2) is 53.9 Å². The molecule has 1 heterocycles. The van der Waals surface area contributed by atoms with Crippen LogP contribution in [-0.2, 0) is 18.3 Å². The molecule has 0 saturated heterocycles. The largest absolute Gasteiger partial charge is 0.418 e. The van der Waals surface area contributed by atoms with E-state index in [2.05, 4.69) is 15.6 Å². The zero-order valence-corrected chi connectivity index (χ0v) is 17.1. The van der Waals surface area contributed by atoms with Crippen molar-refractivity contribution in [3.05, 3.63) is 76.3 Å². The number of benzene rings is 2. The Labute approximate surface area is 175 Å². The van der Waals surface area contributed by atoms with Crippen LogP contribution in [0, 0.1) is 0 Å². The molecule has 0 aliphatic carbocycles. The molecule has 0 saturated carbocycles. The number of aromatic nitrogens is 1. The lowest BCUT2D eigenvalue weighted by atomic mass is 10.1. The van der Waals surface area contributed by atoms with E-state index in [1.54, 1.807) is 43.5 Å². The van der Waals surface area contributed by atoms with E-state index in [-0.39, 0.29) is 18.1 Å². The van der Waals surface area contributed by atoms with Crippen molar-refractivity contribution in [1.29, 1.82) is 0 Å². The third-order valence-corrected chi connectivity index (χ3v) is 5.04. The predicted octanol–water partition coefficient (Wildman–Crippen LogP) is 5.25. The number of carbonyl (C=O) groups excluding carboxylic acids is 1. The van der Waals surface area contributed by atoms with Crippen LogP contribution in [0.2, 0.25) is 0 Å². The Morgan fingerprint density at radius 2 is 1.77 bits per heavy atom. The topological polar surface area (TPSA) is 74.2 Å². The zero-order chi connectivity index (χ0) is 21.9. The molecule has 1 amide bonds. The van der Waals surface area contributed by atoms with Crippen molar-refractivity contribution in [3.63, 3.8) is 0 Å². The van der Waals surface area contributed by atoms with Crippen LogP contribution >= 0.6 is 11.3 Å². The summed E-state index contributed by atoms with van der Waals surface area (Å²) in [6.45, 7) is 3.39. The SMILES string of the molecule is CC(C)(O)c1csc(NC(=O)c2ccc(CNc3ccccc3C(F)(F)F)cc2)n1. The Morgan fingerprint density at radius 3 is 2.37 bits per heavy atom. The fourth-order valence-electron chi connectivity index (χ4n) is 2.64. The van der Waals surface area contributed by atoms with Crippen molar-refractivity contribution in [1.82, 2.24) is 4.98 Å². The lowest BCUT2D eigenvalue weighted by Gasteiger charge is -2.14. The number of anilines is 2. The number of aliphatic hydroxyl groups is 1. The molecular weight excluding hydrogens is 415 g/mol. The van der Waals surface area contributed by atoms with Gasteiger partial charge in [0, 0.05) is 23.2 Å². The van der Waals surface area contributed by atoms with Crippen LogP contribution in [0.25, 0.3) is 0 Å². The van der Waals surface area contributed by atoms with Crippen molar-refractivity contribution in [3.8, 4) is 0 Å². The van der Waals surface area contributed by atoms with Crippen LogP contribution in [0.3, 0.4) is 0 Å². The van der Waals surface area contributed by atoms with Crippen LogP contribution in [0.5, 0.6) is 0 Å².